The Morgan fingerprint density at radius 3 is 2.57 bits per heavy atom. The van der Waals surface area contributed by atoms with Gasteiger partial charge in [0.1, 0.15) is 12.3 Å². The van der Waals surface area contributed by atoms with E-state index in [1.54, 1.807) is 12.1 Å². The van der Waals surface area contributed by atoms with Crippen LogP contribution in [0.5, 0.6) is 5.75 Å². The van der Waals surface area contributed by atoms with Crippen LogP contribution in [0.3, 0.4) is 0 Å². The number of hydrogen-bond acceptors (Lipinski definition) is 5. The highest BCUT2D eigenvalue weighted by atomic mass is 16.5. The number of rotatable bonds is 5. The molecule has 1 N–H and O–H groups in total. The number of ether oxygens (including phenoxy) is 1. The summed E-state index contributed by atoms with van der Waals surface area (Å²) in [5.41, 5.74) is 1.35. The zero-order valence-corrected chi connectivity index (χ0v) is 16.4. The lowest BCUT2D eigenvalue weighted by Gasteiger charge is -2.34. The van der Waals surface area contributed by atoms with Crippen LogP contribution < -0.4 is 10.1 Å². The molecule has 2 fully saturated rings. The van der Waals surface area contributed by atoms with Gasteiger partial charge in [0.15, 0.2) is 0 Å². The van der Waals surface area contributed by atoms with Crippen molar-refractivity contribution in [2.24, 2.45) is 5.92 Å². The molecule has 5 amide bonds. The topological polar surface area (TPSA) is 96.0 Å². The first-order valence-electron chi connectivity index (χ1n) is 9.47. The fourth-order valence-corrected chi connectivity index (χ4v) is 3.89. The van der Waals surface area contributed by atoms with Crippen LogP contribution in [-0.2, 0) is 14.4 Å². The van der Waals surface area contributed by atoms with Crippen molar-refractivity contribution in [1.82, 2.24) is 9.80 Å². The number of anilines is 1. The monoisotopic (exact) mass is 387 g/mol. The number of carbonyl (C=O) groups is 4. The van der Waals surface area contributed by atoms with Crippen molar-refractivity contribution >= 4 is 29.4 Å². The molecule has 3 rings (SSSR count). The number of carbonyl (C=O) groups excluding carboxylic acids is 4. The van der Waals surface area contributed by atoms with Crippen molar-refractivity contribution in [1.29, 1.82) is 0 Å². The summed E-state index contributed by atoms with van der Waals surface area (Å²) in [5, 5.41) is 2.65. The summed E-state index contributed by atoms with van der Waals surface area (Å²) in [4.78, 5) is 51.7. The Morgan fingerprint density at radius 1 is 1.18 bits per heavy atom. The summed E-state index contributed by atoms with van der Waals surface area (Å²) in [5.74, 6) is -1.76. The number of methoxy groups -OCH3 is 1. The van der Waals surface area contributed by atoms with Gasteiger partial charge in [-0.05, 0) is 43.4 Å². The summed E-state index contributed by atoms with van der Waals surface area (Å²) >= 11 is 0. The summed E-state index contributed by atoms with van der Waals surface area (Å²) in [6.07, 6.45) is 3.55. The Kier molecular flexibility index (Phi) is 5.67. The number of imide groups is 2. The first-order chi connectivity index (χ1) is 13.3. The largest absolute Gasteiger partial charge is 0.495 e. The Hall–Kier alpha value is -2.90. The van der Waals surface area contributed by atoms with Gasteiger partial charge in [-0.2, -0.15) is 0 Å². The molecule has 1 aliphatic carbocycles. The molecular formula is C20H25N3O5. The van der Waals surface area contributed by atoms with E-state index in [-0.39, 0.29) is 12.0 Å². The second-order valence-electron chi connectivity index (χ2n) is 7.43. The SMILES string of the molecule is COc1ccc(C)cc1NC(=O)CN1C(=O)C(=O)N([C@@H]2CCCC[C@H]2C)C1=O. The van der Waals surface area contributed by atoms with E-state index in [0.717, 1.165) is 34.6 Å². The molecule has 28 heavy (non-hydrogen) atoms. The van der Waals surface area contributed by atoms with Crippen molar-refractivity contribution in [2.45, 2.75) is 45.6 Å². The average Bonchev–Trinajstić information content (AvgIpc) is 2.86. The minimum atomic E-state index is -0.950. The van der Waals surface area contributed by atoms with Crippen molar-refractivity contribution in [3.63, 3.8) is 0 Å². The van der Waals surface area contributed by atoms with E-state index in [1.165, 1.54) is 7.11 Å². The van der Waals surface area contributed by atoms with Crippen molar-refractivity contribution in [2.75, 3.05) is 19.0 Å². The molecule has 1 heterocycles. The van der Waals surface area contributed by atoms with E-state index in [2.05, 4.69) is 5.32 Å². The average molecular weight is 387 g/mol. The van der Waals surface area contributed by atoms with E-state index in [0.29, 0.717) is 17.9 Å². The van der Waals surface area contributed by atoms with Crippen molar-refractivity contribution < 1.29 is 23.9 Å². The maximum Gasteiger partial charge on any atom is 0.334 e. The lowest BCUT2D eigenvalue weighted by molar-refractivity contribution is -0.145. The number of nitrogens with zero attached hydrogens (tertiary/aromatic N) is 2. The number of amides is 5. The summed E-state index contributed by atoms with van der Waals surface area (Å²) in [7, 11) is 1.48. The van der Waals surface area contributed by atoms with E-state index >= 15 is 0 Å². The Bertz CT molecular complexity index is 822. The zero-order chi connectivity index (χ0) is 20.4. The van der Waals surface area contributed by atoms with Gasteiger partial charge in [0.05, 0.1) is 12.8 Å². The van der Waals surface area contributed by atoms with E-state index in [9.17, 15) is 19.2 Å². The van der Waals surface area contributed by atoms with Crippen LogP contribution in [0, 0.1) is 12.8 Å². The molecule has 8 nitrogen and oxygen atoms in total. The minimum absolute atomic E-state index is 0.139. The first-order valence-corrected chi connectivity index (χ1v) is 9.47. The van der Waals surface area contributed by atoms with Gasteiger partial charge in [0, 0.05) is 6.04 Å². The van der Waals surface area contributed by atoms with E-state index < -0.39 is 30.3 Å². The van der Waals surface area contributed by atoms with Crippen LogP contribution >= 0.6 is 0 Å². The molecule has 1 saturated heterocycles. The first kappa shape index (κ1) is 19.9. The summed E-state index contributed by atoms with van der Waals surface area (Å²) in [6.45, 7) is 3.33. The lowest BCUT2D eigenvalue weighted by atomic mass is 9.85. The third kappa shape index (κ3) is 3.72. The third-order valence-electron chi connectivity index (χ3n) is 5.41. The second kappa shape index (κ2) is 8.00. The molecule has 8 heteroatoms. The quantitative estimate of drug-likeness (QED) is 0.618. The van der Waals surface area contributed by atoms with Gasteiger partial charge in [-0.25, -0.2) is 9.69 Å². The molecule has 0 unspecified atom stereocenters. The Balaban J connectivity index is 1.72. The molecule has 150 valence electrons. The van der Waals surface area contributed by atoms with Gasteiger partial charge in [0.25, 0.3) is 0 Å². The smallest absolute Gasteiger partial charge is 0.334 e. The zero-order valence-electron chi connectivity index (χ0n) is 16.4. The predicted molar refractivity (Wildman–Crippen MR) is 102 cm³/mol. The van der Waals surface area contributed by atoms with Gasteiger partial charge in [-0.3, -0.25) is 19.3 Å². The van der Waals surface area contributed by atoms with Crippen molar-refractivity contribution in [3.05, 3.63) is 23.8 Å². The highest BCUT2D eigenvalue weighted by molar-refractivity contribution is 6.45. The molecule has 1 aromatic carbocycles. The summed E-state index contributed by atoms with van der Waals surface area (Å²) < 4.78 is 5.21. The number of benzene rings is 1. The van der Waals surface area contributed by atoms with Gasteiger partial charge >= 0.3 is 17.8 Å². The van der Waals surface area contributed by atoms with Crippen LogP contribution in [0.2, 0.25) is 0 Å². The van der Waals surface area contributed by atoms with Gasteiger partial charge in [-0.1, -0.05) is 25.8 Å². The van der Waals surface area contributed by atoms with Crippen LogP contribution in [-0.4, -0.2) is 53.2 Å². The molecule has 1 aromatic rings. The number of hydrogen-bond donors (Lipinski definition) is 1. The normalized spacial score (nSPS) is 22.6. The maximum atomic E-state index is 12.7. The van der Waals surface area contributed by atoms with Gasteiger partial charge < -0.3 is 10.1 Å². The van der Waals surface area contributed by atoms with Crippen LogP contribution in [0.1, 0.15) is 38.2 Å². The molecule has 1 aliphatic heterocycles. The number of nitrogens with one attached hydrogen (secondary N) is 1. The third-order valence-corrected chi connectivity index (χ3v) is 5.41. The van der Waals surface area contributed by atoms with Crippen molar-refractivity contribution in [3.8, 4) is 5.75 Å². The minimum Gasteiger partial charge on any atom is -0.495 e. The Morgan fingerprint density at radius 2 is 1.89 bits per heavy atom. The molecule has 0 bridgehead atoms. The van der Waals surface area contributed by atoms with Gasteiger partial charge in [0.2, 0.25) is 5.91 Å². The van der Waals surface area contributed by atoms with Crippen LogP contribution in [0.15, 0.2) is 18.2 Å². The molecule has 1 saturated carbocycles. The van der Waals surface area contributed by atoms with Crippen LogP contribution in [0.4, 0.5) is 10.5 Å². The molecule has 2 atom stereocenters. The lowest BCUT2D eigenvalue weighted by Crippen LogP contribution is -2.46. The molecule has 0 spiro atoms. The highest BCUT2D eigenvalue weighted by Crippen LogP contribution is 2.31. The highest BCUT2D eigenvalue weighted by Gasteiger charge is 2.49. The molecule has 2 aliphatic rings. The number of aryl methyl sites for hydroxylation is 1. The second-order valence-corrected chi connectivity index (χ2v) is 7.43. The van der Waals surface area contributed by atoms with Gasteiger partial charge in [-0.15, -0.1) is 0 Å². The van der Waals surface area contributed by atoms with E-state index in [4.69, 9.17) is 4.74 Å². The number of urea groups is 1. The fourth-order valence-electron chi connectivity index (χ4n) is 3.89. The molecular weight excluding hydrogens is 362 g/mol. The van der Waals surface area contributed by atoms with E-state index in [1.807, 2.05) is 19.9 Å². The summed E-state index contributed by atoms with van der Waals surface area (Å²) in [6, 6.07) is 4.28. The molecule has 0 radical (unpaired) electrons. The fraction of sp³-hybridized carbons (Fsp3) is 0.500. The standard InChI is InChI=1S/C20H25N3O5/c1-12-8-9-16(28-3)14(10-12)21-17(24)11-22-18(25)19(26)23(20(22)27)15-7-5-4-6-13(15)2/h8-10,13,15H,4-7,11H2,1-3H3,(H,21,24)/t13-,15-/m1/s1. The maximum absolute atomic E-state index is 12.7. The predicted octanol–water partition coefficient (Wildman–Crippen LogP) is 2.31. The Labute approximate surface area is 163 Å². The molecule has 0 aromatic heterocycles. The van der Waals surface area contributed by atoms with Crippen LogP contribution in [0.25, 0.3) is 0 Å².